The molecule has 0 fully saturated rings. The summed E-state index contributed by atoms with van der Waals surface area (Å²) in [6, 6.07) is 18.0. The molecule has 2 aromatic rings. The van der Waals surface area contributed by atoms with Crippen molar-refractivity contribution in [1.82, 2.24) is 0 Å². The number of allylic oxidation sites excluding steroid dienone is 2. The van der Waals surface area contributed by atoms with Gasteiger partial charge in [0.2, 0.25) is 11.4 Å². The molecule has 0 atom stereocenters. The van der Waals surface area contributed by atoms with E-state index < -0.39 is 0 Å². The van der Waals surface area contributed by atoms with Crippen LogP contribution in [0, 0.1) is 0 Å². The number of rotatable bonds is 28. The third kappa shape index (κ3) is 17.6. The quantitative estimate of drug-likeness (QED) is 0.0471. The molecule has 0 unspecified atom stereocenters. The van der Waals surface area contributed by atoms with Crippen molar-refractivity contribution in [1.29, 1.82) is 0 Å². The van der Waals surface area contributed by atoms with Crippen molar-refractivity contribution in [3.8, 4) is 0 Å². The topological polar surface area (TPSA) is 25.3 Å². The first-order valence-electron chi connectivity index (χ1n) is 21.6. The van der Waals surface area contributed by atoms with E-state index in [1.165, 1.54) is 154 Å². The zero-order chi connectivity index (χ0) is 36.9. The van der Waals surface area contributed by atoms with Crippen molar-refractivity contribution in [2.75, 3.05) is 0 Å². The Balaban J connectivity index is 0.000000705. The second-order valence-corrected chi connectivity index (χ2v) is 16.3. The van der Waals surface area contributed by atoms with Crippen molar-refractivity contribution in [2.45, 2.75) is 206 Å². The fourth-order valence-electron chi connectivity index (χ4n) is 6.96. The van der Waals surface area contributed by atoms with Gasteiger partial charge in [-0.15, -0.1) is 0 Å². The Morgan fingerprint density at radius 1 is 0.431 bits per heavy atom. The number of unbranched alkanes of at least 4 members (excludes halogenated alkanes) is 14. The van der Waals surface area contributed by atoms with Gasteiger partial charge in [0.1, 0.15) is 0 Å². The minimum atomic E-state index is 1.01. The Labute approximate surface area is 323 Å². The molecular formula is C48H78N2Ni. The van der Waals surface area contributed by atoms with Crippen molar-refractivity contribution in [3.05, 3.63) is 87.5 Å². The summed E-state index contributed by atoms with van der Waals surface area (Å²) >= 11 is 1.97. The molecule has 3 rings (SSSR count). The van der Waals surface area contributed by atoms with E-state index in [2.05, 4.69) is 90.1 Å². The van der Waals surface area contributed by atoms with Gasteiger partial charge in [-0.05, 0) is 86.8 Å². The first-order chi connectivity index (χ1) is 25.1. The van der Waals surface area contributed by atoms with Gasteiger partial charge in [0.05, 0.1) is 0 Å². The Kier molecular flexibility index (Phi) is 26.1. The van der Waals surface area contributed by atoms with Crippen LogP contribution in [0.25, 0.3) is 16.9 Å². The predicted molar refractivity (Wildman–Crippen MR) is 223 cm³/mol. The SMILES string of the molecule is CCCCCCCCc1cccc(C2=C(CCCCCC)C(CCCC)=C(c3ccc(CCCC)cc3)[N+]2=[N-])c1.CCCC[CH2][Ni][CH2]CCCC. The van der Waals surface area contributed by atoms with Crippen LogP contribution >= 0.6 is 0 Å². The van der Waals surface area contributed by atoms with E-state index in [4.69, 9.17) is 0 Å². The fourth-order valence-corrected chi connectivity index (χ4v) is 8.19. The number of hydrogen-bond acceptors (Lipinski definition) is 0. The second-order valence-electron chi connectivity index (χ2n) is 14.8. The van der Waals surface area contributed by atoms with Crippen LogP contribution in [0.1, 0.15) is 205 Å². The van der Waals surface area contributed by atoms with E-state index in [0.29, 0.717) is 0 Å². The van der Waals surface area contributed by atoms with Crippen LogP contribution < -0.4 is 0 Å². The van der Waals surface area contributed by atoms with E-state index >= 15 is 0 Å². The molecule has 51 heavy (non-hydrogen) atoms. The van der Waals surface area contributed by atoms with E-state index in [1.807, 2.05) is 14.4 Å². The van der Waals surface area contributed by atoms with Gasteiger partial charge in [0, 0.05) is 22.3 Å². The number of nitrogens with zero attached hydrogens (tertiary/aromatic N) is 2. The Morgan fingerprint density at radius 3 is 1.49 bits per heavy atom. The first-order valence-corrected chi connectivity index (χ1v) is 23.0. The number of aryl methyl sites for hydroxylation is 2. The third-order valence-corrected chi connectivity index (χ3v) is 11.5. The molecule has 0 saturated heterocycles. The summed E-state index contributed by atoms with van der Waals surface area (Å²) in [4.78, 5) is 0. The van der Waals surface area contributed by atoms with Crippen LogP contribution in [0.2, 0.25) is 10.8 Å². The minimum absolute atomic E-state index is 1.01. The van der Waals surface area contributed by atoms with E-state index in [-0.39, 0.29) is 0 Å². The van der Waals surface area contributed by atoms with Crippen molar-refractivity contribution in [2.24, 2.45) is 0 Å². The summed E-state index contributed by atoms with van der Waals surface area (Å²) < 4.78 is 1.56. The normalized spacial score (nSPS) is 13.0. The molecule has 0 bridgehead atoms. The van der Waals surface area contributed by atoms with Crippen LogP contribution in [0.5, 0.6) is 0 Å². The first kappa shape index (κ1) is 45.2. The fraction of sp³-hybridized carbons (Fsp3) is 0.667. The average molecular weight is 742 g/mol. The summed E-state index contributed by atoms with van der Waals surface area (Å²) in [7, 11) is 0. The zero-order valence-electron chi connectivity index (χ0n) is 34.2. The molecule has 0 spiro atoms. The van der Waals surface area contributed by atoms with Crippen LogP contribution in [-0.2, 0) is 27.3 Å². The maximum atomic E-state index is 11.9. The summed E-state index contributed by atoms with van der Waals surface area (Å²) in [6.45, 7) is 13.6. The summed E-state index contributed by atoms with van der Waals surface area (Å²) in [6.07, 6.45) is 30.3. The molecule has 1 heterocycles. The summed E-state index contributed by atoms with van der Waals surface area (Å²) in [5.41, 5.74) is 21.8. The number of benzene rings is 2. The molecule has 0 aromatic heterocycles. The van der Waals surface area contributed by atoms with Crippen LogP contribution in [0.4, 0.5) is 0 Å². The Bertz CT molecular complexity index is 1250. The molecule has 2 nitrogen and oxygen atoms in total. The van der Waals surface area contributed by atoms with E-state index in [1.54, 1.807) is 4.70 Å². The van der Waals surface area contributed by atoms with Crippen LogP contribution in [0.3, 0.4) is 0 Å². The predicted octanol–water partition coefficient (Wildman–Crippen LogP) is 16.5. The molecule has 290 valence electrons. The van der Waals surface area contributed by atoms with E-state index in [0.717, 1.165) is 55.5 Å². The molecule has 0 amide bonds. The molecule has 0 aliphatic carbocycles. The summed E-state index contributed by atoms with van der Waals surface area (Å²) in [5.74, 6) is 0. The standard InChI is InChI=1S/C38H56N2.2C5H11.Ni/c1-5-9-13-15-16-17-21-32-22-19-23-34(30-32)38-36(25-18-14-10-6-2)35(24-12-8-4)37(40(38)39)33-28-26-31(27-29-33)20-11-7-3;2*1-3-5-4-2;/h19,22-23,26-30H,5-18,20-21,24-25H2,1-4H3;2*1,3-5H2,2H3;. The monoisotopic (exact) mass is 741 g/mol. The molecule has 2 aromatic carbocycles. The molecule has 0 N–H and O–H groups in total. The molecule has 0 saturated carbocycles. The molecule has 3 heteroatoms. The molecule has 1 aliphatic rings. The van der Waals surface area contributed by atoms with Gasteiger partial charge in [0.25, 0.3) is 0 Å². The van der Waals surface area contributed by atoms with Gasteiger partial charge < -0.3 is 5.53 Å². The van der Waals surface area contributed by atoms with Crippen molar-refractivity contribution in [3.63, 3.8) is 0 Å². The van der Waals surface area contributed by atoms with Crippen molar-refractivity contribution < 1.29 is 19.1 Å². The molecular weight excluding hydrogens is 663 g/mol. The maximum absolute atomic E-state index is 11.9. The average Bonchev–Trinajstić information content (AvgIpc) is 3.43. The van der Waals surface area contributed by atoms with E-state index in [9.17, 15) is 5.53 Å². The number of hydrogen-bond donors (Lipinski definition) is 0. The van der Waals surface area contributed by atoms with Gasteiger partial charge in [-0.25, -0.2) is 4.70 Å². The van der Waals surface area contributed by atoms with Gasteiger partial charge >= 0.3 is 77.6 Å². The van der Waals surface area contributed by atoms with Gasteiger partial charge in [-0.2, -0.15) is 0 Å². The summed E-state index contributed by atoms with van der Waals surface area (Å²) in [5, 5.41) is 2.81. The van der Waals surface area contributed by atoms with Crippen LogP contribution in [-0.4, -0.2) is 4.70 Å². The third-order valence-electron chi connectivity index (χ3n) is 10.1. The van der Waals surface area contributed by atoms with Crippen LogP contribution in [0.15, 0.2) is 59.7 Å². The van der Waals surface area contributed by atoms with Gasteiger partial charge in [-0.1, -0.05) is 116 Å². The molecule has 0 radical (unpaired) electrons. The second kappa shape index (κ2) is 29.5. The Morgan fingerprint density at radius 2 is 0.882 bits per heavy atom. The van der Waals surface area contributed by atoms with Crippen molar-refractivity contribution >= 4 is 11.4 Å². The van der Waals surface area contributed by atoms with Gasteiger partial charge in [0.15, 0.2) is 0 Å². The van der Waals surface area contributed by atoms with Gasteiger partial charge in [-0.3, -0.25) is 0 Å². The zero-order valence-corrected chi connectivity index (χ0v) is 35.2. The molecule has 1 aliphatic heterocycles. The Hall–Kier alpha value is -1.99.